The van der Waals surface area contributed by atoms with Crippen molar-refractivity contribution in [1.82, 2.24) is 0 Å². The van der Waals surface area contributed by atoms with Crippen molar-refractivity contribution in [2.75, 3.05) is 5.48 Å². The van der Waals surface area contributed by atoms with E-state index in [-0.39, 0.29) is 16.3 Å². The van der Waals surface area contributed by atoms with Crippen molar-refractivity contribution in [1.29, 1.82) is 0 Å². The van der Waals surface area contributed by atoms with E-state index in [0.29, 0.717) is 5.56 Å². The lowest BCUT2D eigenvalue weighted by Gasteiger charge is -2.12. The number of benzene rings is 2. The normalized spacial score (nSPS) is 11.0. The fourth-order valence-electron chi connectivity index (χ4n) is 1.70. The molecule has 0 saturated heterocycles. The minimum Gasteiger partial charge on any atom is -0.335 e. The Kier molecular flexibility index (Phi) is 4.90. The van der Waals surface area contributed by atoms with E-state index in [1.807, 2.05) is 5.48 Å². The van der Waals surface area contributed by atoms with Crippen molar-refractivity contribution >= 4 is 29.0 Å². The topological polar surface area (TPSA) is 55.4 Å². The maximum absolute atomic E-state index is 12.4. The van der Waals surface area contributed by atoms with Crippen LogP contribution in [0, 0.1) is 0 Å². The van der Waals surface area contributed by atoms with E-state index in [1.165, 1.54) is 30.3 Å². The number of hydrogen-bond acceptors (Lipinski definition) is 4. The third-order valence-electron chi connectivity index (χ3n) is 2.75. The SMILES string of the molecule is O=C(c1ccccc1)c1cc(Cl)ccc1NOC(=O)C(F)(F)F. The minimum atomic E-state index is -5.15. The van der Waals surface area contributed by atoms with Crippen molar-refractivity contribution < 1.29 is 27.6 Å². The summed E-state index contributed by atoms with van der Waals surface area (Å²) < 4.78 is 36.4. The van der Waals surface area contributed by atoms with E-state index in [0.717, 1.165) is 0 Å². The fourth-order valence-corrected chi connectivity index (χ4v) is 1.87. The predicted molar refractivity (Wildman–Crippen MR) is 77.1 cm³/mol. The van der Waals surface area contributed by atoms with Crippen molar-refractivity contribution in [3.8, 4) is 0 Å². The van der Waals surface area contributed by atoms with Crippen LogP contribution < -0.4 is 5.48 Å². The fraction of sp³-hybridized carbons (Fsp3) is 0.0667. The van der Waals surface area contributed by atoms with Crippen LogP contribution in [0.4, 0.5) is 18.9 Å². The van der Waals surface area contributed by atoms with Crippen LogP contribution >= 0.6 is 11.6 Å². The molecule has 4 nitrogen and oxygen atoms in total. The Bertz CT molecular complexity index is 732. The number of alkyl halides is 3. The summed E-state index contributed by atoms with van der Waals surface area (Å²) in [7, 11) is 0. The standard InChI is InChI=1S/C15H9ClF3NO3/c16-10-6-7-12(20-23-14(22)15(17,18)19)11(8-10)13(21)9-4-2-1-3-5-9/h1-8,20H. The van der Waals surface area contributed by atoms with Gasteiger partial charge < -0.3 is 4.84 Å². The molecule has 2 aromatic rings. The molecule has 0 bridgehead atoms. The van der Waals surface area contributed by atoms with E-state index < -0.39 is 17.9 Å². The van der Waals surface area contributed by atoms with Gasteiger partial charge in [0.15, 0.2) is 5.78 Å². The molecular formula is C15H9ClF3NO3. The molecule has 2 aromatic carbocycles. The van der Waals surface area contributed by atoms with Crippen molar-refractivity contribution in [2.24, 2.45) is 0 Å². The lowest BCUT2D eigenvalue weighted by Crippen LogP contribution is -2.27. The Morgan fingerprint density at radius 2 is 1.70 bits per heavy atom. The summed E-state index contributed by atoms with van der Waals surface area (Å²) >= 11 is 5.82. The molecular weight excluding hydrogens is 335 g/mol. The number of carbonyl (C=O) groups is 2. The second-order valence-electron chi connectivity index (χ2n) is 4.37. The number of ketones is 1. The molecule has 0 atom stereocenters. The van der Waals surface area contributed by atoms with E-state index in [9.17, 15) is 22.8 Å². The largest absolute Gasteiger partial charge is 0.493 e. The zero-order chi connectivity index (χ0) is 17.0. The first-order valence-electron chi connectivity index (χ1n) is 6.22. The molecule has 8 heteroatoms. The molecule has 120 valence electrons. The molecule has 0 aliphatic rings. The van der Waals surface area contributed by atoms with Gasteiger partial charge in [0.1, 0.15) is 0 Å². The summed E-state index contributed by atoms with van der Waals surface area (Å²) in [5.41, 5.74) is 2.01. The summed E-state index contributed by atoms with van der Waals surface area (Å²) in [6.07, 6.45) is -5.15. The van der Waals surface area contributed by atoms with Crippen LogP contribution in [-0.2, 0) is 9.63 Å². The average molecular weight is 344 g/mol. The van der Waals surface area contributed by atoms with Crippen LogP contribution in [0.5, 0.6) is 0 Å². The Morgan fingerprint density at radius 1 is 1.04 bits per heavy atom. The van der Waals surface area contributed by atoms with Crippen molar-refractivity contribution in [3.05, 3.63) is 64.7 Å². The van der Waals surface area contributed by atoms with E-state index in [4.69, 9.17) is 11.6 Å². The smallest absolute Gasteiger partial charge is 0.335 e. The van der Waals surface area contributed by atoms with Gasteiger partial charge in [0.05, 0.1) is 11.3 Å². The van der Waals surface area contributed by atoms with Gasteiger partial charge >= 0.3 is 12.1 Å². The summed E-state index contributed by atoms with van der Waals surface area (Å²) in [5, 5.41) is 0.206. The first kappa shape index (κ1) is 16.8. The number of anilines is 1. The predicted octanol–water partition coefficient (Wildman–Crippen LogP) is 4.00. The summed E-state index contributed by atoms with van der Waals surface area (Å²) in [6.45, 7) is 0. The van der Waals surface area contributed by atoms with Gasteiger partial charge in [-0.05, 0) is 18.2 Å². The molecule has 0 amide bonds. The lowest BCUT2D eigenvalue weighted by atomic mass is 10.0. The van der Waals surface area contributed by atoms with Crippen LogP contribution in [0.2, 0.25) is 5.02 Å². The van der Waals surface area contributed by atoms with Crippen LogP contribution in [0.25, 0.3) is 0 Å². The summed E-state index contributed by atoms with van der Waals surface area (Å²) in [5.74, 6) is -2.91. The van der Waals surface area contributed by atoms with Crippen LogP contribution in [0.3, 0.4) is 0 Å². The average Bonchev–Trinajstić information content (AvgIpc) is 2.52. The lowest BCUT2D eigenvalue weighted by molar-refractivity contribution is -0.196. The van der Waals surface area contributed by atoms with Gasteiger partial charge in [-0.25, -0.2) is 10.3 Å². The van der Waals surface area contributed by atoms with Gasteiger partial charge in [-0.1, -0.05) is 41.9 Å². The van der Waals surface area contributed by atoms with E-state index in [2.05, 4.69) is 4.84 Å². The van der Waals surface area contributed by atoms with Crippen LogP contribution in [0.1, 0.15) is 15.9 Å². The number of halogens is 4. The van der Waals surface area contributed by atoms with E-state index >= 15 is 0 Å². The maximum atomic E-state index is 12.4. The quantitative estimate of drug-likeness (QED) is 0.673. The molecule has 0 radical (unpaired) electrons. The third kappa shape index (κ3) is 4.23. The Labute approximate surface area is 133 Å². The summed E-state index contributed by atoms with van der Waals surface area (Å²) in [6, 6.07) is 11.9. The number of rotatable bonds is 4. The van der Waals surface area contributed by atoms with E-state index in [1.54, 1.807) is 18.2 Å². The van der Waals surface area contributed by atoms with Gasteiger partial charge in [-0.2, -0.15) is 13.2 Å². The molecule has 1 N–H and O–H groups in total. The first-order valence-corrected chi connectivity index (χ1v) is 6.60. The van der Waals surface area contributed by atoms with Gasteiger partial charge in [0, 0.05) is 10.6 Å². The maximum Gasteiger partial charge on any atom is 0.493 e. The second kappa shape index (κ2) is 6.70. The molecule has 23 heavy (non-hydrogen) atoms. The molecule has 2 rings (SSSR count). The first-order chi connectivity index (χ1) is 10.8. The van der Waals surface area contributed by atoms with Crippen molar-refractivity contribution in [3.63, 3.8) is 0 Å². The van der Waals surface area contributed by atoms with Crippen LogP contribution in [0.15, 0.2) is 48.5 Å². The highest BCUT2D eigenvalue weighted by molar-refractivity contribution is 6.31. The molecule has 0 aromatic heterocycles. The van der Waals surface area contributed by atoms with Gasteiger partial charge in [0.25, 0.3) is 0 Å². The van der Waals surface area contributed by atoms with Crippen molar-refractivity contribution in [2.45, 2.75) is 6.18 Å². The Balaban J connectivity index is 2.28. The molecule has 0 fully saturated rings. The number of hydrogen-bond donors (Lipinski definition) is 1. The third-order valence-corrected chi connectivity index (χ3v) is 2.98. The zero-order valence-corrected chi connectivity index (χ0v) is 12.1. The molecule has 0 saturated carbocycles. The van der Waals surface area contributed by atoms with Gasteiger partial charge in [-0.15, -0.1) is 0 Å². The number of carbonyl (C=O) groups excluding carboxylic acids is 2. The highest BCUT2D eigenvalue weighted by Crippen LogP contribution is 2.25. The minimum absolute atomic E-state index is 0.0290. The molecule has 0 aliphatic heterocycles. The highest BCUT2D eigenvalue weighted by Gasteiger charge is 2.41. The zero-order valence-electron chi connectivity index (χ0n) is 11.4. The monoisotopic (exact) mass is 343 g/mol. The highest BCUT2D eigenvalue weighted by atomic mass is 35.5. The molecule has 0 aliphatic carbocycles. The summed E-state index contributed by atoms with van der Waals surface area (Å²) in [4.78, 5) is 27.1. The van der Waals surface area contributed by atoms with Gasteiger partial charge in [0.2, 0.25) is 0 Å². The van der Waals surface area contributed by atoms with Gasteiger partial charge in [-0.3, -0.25) is 4.79 Å². The van der Waals surface area contributed by atoms with Crippen LogP contribution in [-0.4, -0.2) is 17.9 Å². The second-order valence-corrected chi connectivity index (χ2v) is 4.81. The molecule has 0 unspecified atom stereocenters. The Hall–Kier alpha value is -2.54. The molecule has 0 heterocycles. The molecule has 0 spiro atoms. The number of nitrogens with one attached hydrogen (secondary N) is 1. The Morgan fingerprint density at radius 3 is 2.30 bits per heavy atom.